The number of sulfone groups is 1. The lowest BCUT2D eigenvalue weighted by Crippen LogP contribution is -2.51. The molecule has 0 saturated carbocycles. The minimum atomic E-state index is -3.05. The van der Waals surface area contributed by atoms with Gasteiger partial charge < -0.3 is 10.2 Å². The van der Waals surface area contributed by atoms with Crippen molar-refractivity contribution >= 4 is 21.7 Å². The number of carbonyl (C=O) groups excluding carboxylic acids is 2. The largest absolute Gasteiger partial charge is 0.344 e. The molecule has 0 aromatic carbocycles. The van der Waals surface area contributed by atoms with Gasteiger partial charge in [0.1, 0.15) is 0 Å². The Kier molecular flexibility index (Phi) is 4.36. The lowest BCUT2D eigenvalue weighted by Gasteiger charge is -2.34. The Morgan fingerprint density at radius 1 is 1.15 bits per heavy atom. The monoisotopic (exact) mass is 302 g/mol. The summed E-state index contributed by atoms with van der Waals surface area (Å²) in [5.74, 6) is -0.395. The molecule has 3 unspecified atom stereocenters. The van der Waals surface area contributed by atoms with E-state index in [1.54, 1.807) is 4.90 Å². The Hall–Kier alpha value is -1.11. The Labute approximate surface area is 119 Å². The van der Waals surface area contributed by atoms with Gasteiger partial charge in [-0.3, -0.25) is 9.59 Å². The minimum Gasteiger partial charge on any atom is -0.344 e. The summed E-state index contributed by atoms with van der Waals surface area (Å²) in [6.07, 6.45) is 1.46. The highest BCUT2D eigenvalue weighted by Gasteiger charge is 2.33. The van der Waals surface area contributed by atoms with E-state index in [0.29, 0.717) is 31.3 Å². The fourth-order valence-electron chi connectivity index (χ4n) is 3.13. The van der Waals surface area contributed by atoms with Crippen molar-refractivity contribution in [1.29, 1.82) is 0 Å². The van der Waals surface area contributed by atoms with Crippen molar-refractivity contribution in [1.82, 2.24) is 10.2 Å². The minimum absolute atomic E-state index is 0.0567. The van der Waals surface area contributed by atoms with E-state index >= 15 is 0 Å². The van der Waals surface area contributed by atoms with Crippen LogP contribution in [-0.4, -0.2) is 55.8 Å². The van der Waals surface area contributed by atoms with Crippen LogP contribution in [0.25, 0.3) is 0 Å². The Bertz CT molecular complexity index is 493. The summed E-state index contributed by atoms with van der Waals surface area (Å²) >= 11 is 0. The van der Waals surface area contributed by atoms with Crippen LogP contribution in [0.15, 0.2) is 0 Å². The van der Waals surface area contributed by atoms with E-state index < -0.39 is 27.7 Å². The predicted molar refractivity (Wildman–Crippen MR) is 74.7 cm³/mol. The maximum absolute atomic E-state index is 12.1. The summed E-state index contributed by atoms with van der Waals surface area (Å²) in [5.41, 5.74) is 0. The van der Waals surface area contributed by atoms with Crippen LogP contribution in [0.1, 0.15) is 26.7 Å². The molecule has 0 aliphatic carbocycles. The van der Waals surface area contributed by atoms with E-state index in [9.17, 15) is 18.0 Å². The highest BCUT2D eigenvalue weighted by molar-refractivity contribution is 7.91. The van der Waals surface area contributed by atoms with Crippen LogP contribution in [0.5, 0.6) is 0 Å². The van der Waals surface area contributed by atoms with Crippen molar-refractivity contribution in [2.75, 3.05) is 24.6 Å². The average molecular weight is 302 g/mol. The van der Waals surface area contributed by atoms with Gasteiger partial charge in [0.15, 0.2) is 9.84 Å². The number of nitrogens with zero attached hydrogens (tertiary/aromatic N) is 1. The molecule has 20 heavy (non-hydrogen) atoms. The average Bonchev–Trinajstić information content (AvgIpc) is 2.66. The zero-order chi connectivity index (χ0) is 14.9. The number of carbonyl (C=O) groups is 2. The summed E-state index contributed by atoms with van der Waals surface area (Å²) in [4.78, 5) is 25.6. The first-order valence-corrected chi connectivity index (χ1v) is 8.89. The van der Waals surface area contributed by atoms with E-state index in [-0.39, 0.29) is 11.5 Å². The lowest BCUT2D eigenvalue weighted by molar-refractivity contribution is -0.147. The molecular formula is C13H22N2O4S. The topological polar surface area (TPSA) is 83.6 Å². The molecule has 2 aliphatic heterocycles. The lowest BCUT2D eigenvalue weighted by atomic mass is 9.92. The highest BCUT2D eigenvalue weighted by atomic mass is 32.2. The van der Waals surface area contributed by atoms with E-state index in [0.717, 1.165) is 6.42 Å². The van der Waals surface area contributed by atoms with Gasteiger partial charge in [-0.05, 0) is 24.7 Å². The van der Waals surface area contributed by atoms with Crippen LogP contribution < -0.4 is 5.32 Å². The van der Waals surface area contributed by atoms with Gasteiger partial charge in [0.05, 0.1) is 11.5 Å². The predicted octanol–water partition coefficient (Wildman–Crippen LogP) is -0.206. The van der Waals surface area contributed by atoms with Gasteiger partial charge in [-0.1, -0.05) is 13.8 Å². The first-order valence-electron chi connectivity index (χ1n) is 7.07. The number of rotatable bonds is 1. The fourth-order valence-corrected chi connectivity index (χ4v) is 4.80. The van der Waals surface area contributed by atoms with Crippen molar-refractivity contribution in [2.24, 2.45) is 11.8 Å². The number of likely N-dealkylation sites (tertiary alicyclic amines) is 1. The maximum Gasteiger partial charge on any atom is 0.311 e. The first-order chi connectivity index (χ1) is 9.27. The van der Waals surface area contributed by atoms with Crippen LogP contribution in [0.4, 0.5) is 0 Å². The van der Waals surface area contributed by atoms with Crippen molar-refractivity contribution in [2.45, 2.75) is 32.7 Å². The SMILES string of the molecule is CC1CC(C)CN(C(=O)C(=O)NC2CCS(=O)(=O)C2)C1. The number of nitrogens with one attached hydrogen (secondary N) is 1. The molecule has 3 atom stereocenters. The molecule has 2 rings (SSSR count). The van der Waals surface area contributed by atoms with Gasteiger partial charge in [0.2, 0.25) is 0 Å². The zero-order valence-electron chi connectivity index (χ0n) is 12.0. The number of hydrogen-bond donors (Lipinski definition) is 1. The van der Waals surface area contributed by atoms with Crippen molar-refractivity contribution < 1.29 is 18.0 Å². The molecule has 0 radical (unpaired) electrons. The standard InChI is InChI=1S/C13H22N2O4S/c1-9-5-10(2)7-15(6-9)13(17)12(16)14-11-3-4-20(18,19)8-11/h9-11H,3-8H2,1-2H3,(H,14,16). The van der Waals surface area contributed by atoms with Crippen LogP contribution in [0.3, 0.4) is 0 Å². The molecule has 2 aliphatic rings. The molecule has 2 heterocycles. The number of amides is 2. The molecule has 0 spiro atoms. The van der Waals surface area contributed by atoms with Gasteiger partial charge in [-0.2, -0.15) is 0 Å². The molecule has 2 saturated heterocycles. The Morgan fingerprint density at radius 3 is 2.25 bits per heavy atom. The molecule has 0 aromatic rings. The van der Waals surface area contributed by atoms with Crippen molar-refractivity contribution in [3.63, 3.8) is 0 Å². The number of piperidine rings is 1. The molecule has 2 fully saturated rings. The Morgan fingerprint density at radius 2 is 1.75 bits per heavy atom. The van der Waals surface area contributed by atoms with Gasteiger partial charge in [0.25, 0.3) is 0 Å². The third-order valence-electron chi connectivity index (χ3n) is 3.92. The normalized spacial score (nSPS) is 32.9. The molecular weight excluding hydrogens is 280 g/mol. The second kappa shape index (κ2) is 5.71. The van der Waals surface area contributed by atoms with Gasteiger partial charge in [0, 0.05) is 19.1 Å². The first kappa shape index (κ1) is 15.3. The molecule has 6 nitrogen and oxygen atoms in total. The van der Waals surface area contributed by atoms with E-state index in [1.807, 2.05) is 0 Å². The van der Waals surface area contributed by atoms with Gasteiger partial charge >= 0.3 is 11.8 Å². The van der Waals surface area contributed by atoms with Gasteiger partial charge in [-0.15, -0.1) is 0 Å². The molecule has 2 amide bonds. The van der Waals surface area contributed by atoms with E-state index in [2.05, 4.69) is 19.2 Å². The van der Waals surface area contributed by atoms with Crippen LogP contribution in [0, 0.1) is 11.8 Å². The summed E-state index contributed by atoms with van der Waals surface area (Å²) in [6, 6.07) is -0.420. The van der Waals surface area contributed by atoms with Crippen molar-refractivity contribution in [3.8, 4) is 0 Å². The third kappa shape index (κ3) is 3.71. The number of hydrogen-bond acceptors (Lipinski definition) is 4. The highest BCUT2D eigenvalue weighted by Crippen LogP contribution is 2.21. The van der Waals surface area contributed by atoms with Crippen LogP contribution in [0.2, 0.25) is 0 Å². The smallest absolute Gasteiger partial charge is 0.311 e. The Balaban J connectivity index is 1.90. The van der Waals surface area contributed by atoms with Crippen LogP contribution in [-0.2, 0) is 19.4 Å². The quantitative estimate of drug-likeness (QED) is 0.680. The molecule has 7 heteroatoms. The second-order valence-corrected chi connectivity index (χ2v) is 8.46. The van der Waals surface area contributed by atoms with E-state index in [4.69, 9.17) is 0 Å². The third-order valence-corrected chi connectivity index (χ3v) is 5.69. The summed E-state index contributed by atoms with van der Waals surface area (Å²) < 4.78 is 22.7. The van der Waals surface area contributed by atoms with Gasteiger partial charge in [-0.25, -0.2) is 8.42 Å². The summed E-state index contributed by atoms with van der Waals surface area (Å²) in [7, 11) is -3.05. The zero-order valence-corrected chi connectivity index (χ0v) is 12.8. The molecule has 0 bridgehead atoms. The summed E-state index contributed by atoms with van der Waals surface area (Å²) in [6.45, 7) is 5.33. The summed E-state index contributed by atoms with van der Waals surface area (Å²) in [5, 5.41) is 2.55. The molecule has 1 N–H and O–H groups in total. The maximum atomic E-state index is 12.1. The second-order valence-electron chi connectivity index (χ2n) is 6.23. The molecule has 114 valence electrons. The van der Waals surface area contributed by atoms with Crippen molar-refractivity contribution in [3.05, 3.63) is 0 Å². The molecule has 0 aromatic heterocycles. The van der Waals surface area contributed by atoms with E-state index in [1.165, 1.54) is 0 Å². The fraction of sp³-hybridized carbons (Fsp3) is 0.846. The van der Waals surface area contributed by atoms with Crippen LogP contribution >= 0.6 is 0 Å².